The average molecular weight is 616 g/mol. The van der Waals surface area contributed by atoms with Crippen molar-refractivity contribution >= 4 is 11.8 Å². The zero-order chi connectivity index (χ0) is 31.1. The fourth-order valence-corrected chi connectivity index (χ4v) is 5.95. The highest BCUT2D eigenvalue weighted by molar-refractivity contribution is 7.99. The number of rotatable bonds is 12. The third-order valence-corrected chi connectivity index (χ3v) is 8.45. The van der Waals surface area contributed by atoms with Crippen LogP contribution in [0.5, 0.6) is 11.5 Å². The Hall–Kier alpha value is -4.18. The van der Waals surface area contributed by atoms with Gasteiger partial charge >= 0.3 is 5.69 Å². The molecule has 1 saturated heterocycles. The molecule has 1 aliphatic heterocycles. The maximum atomic E-state index is 12.8. The maximum Gasteiger partial charge on any atom is 0.350 e. The minimum absolute atomic E-state index is 0.133. The summed E-state index contributed by atoms with van der Waals surface area (Å²) in [5, 5.41) is 31.2. The Bertz CT molecular complexity index is 1580. The van der Waals surface area contributed by atoms with Gasteiger partial charge in [-0.3, -0.25) is 4.57 Å². The first-order valence-electron chi connectivity index (χ1n) is 14.0. The van der Waals surface area contributed by atoms with Crippen molar-refractivity contribution in [2.75, 3.05) is 26.6 Å². The number of aliphatic hydroxyl groups excluding tert-OH is 2. The molecule has 11 heteroatoms. The number of nitriles is 1. The molecular formula is C33H33N3O7S. The maximum absolute atomic E-state index is 12.8. The van der Waals surface area contributed by atoms with Crippen LogP contribution in [0.2, 0.25) is 0 Å². The summed E-state index contributed by atoms with van der Waals surface area (Å²) >= 11 is 1.29. The van der Waals surface area contributed by atoms with Crippen LogP contribution in [0.4, 0.5) is 0 Å². The van der Waals surface area contributed by atoms with Crippen molar-refractivity contribution in [3.05, 3.63) is 118 Å². The van der Waals surface area contributed by atoms with Gasteiger partial charge < -0.3 is 29.2 Å². The average Bonchev–Trinajstić information content (AvgIpc) is 3.35. The van der Waals surface area contributed by atoms with E-state index in [2.05, 4.69) is 11.1 Å². The van der Waals surface area contributed by atoms with E-state index < -0.39 is 35.8 Å². The lowest BCUT2D eigenvalue weighted by Gasteiger charge is -2.37. The van der Waals surface area contributed by atoms with Gasteiger partial charge in [-0.15, -0.1) is 11.8 Å². The molecule has 0 saturated carbocycles. The van der Waals surface area contributed by atoms with Crippen LogP contribution < -0.4 is 15.2 Å². The van der Waals surface area contributed by atoms with E-state index in [9.17, 15) is 15.0 Å². The molecule has 44 heavy (non-hydrogen) atoms. The summed E-state index contributed by atoms with van der Waals surface area (Å²) in [7, 11) is 3.20. The van der Waals surface area contributed by atoms with Crippen LogP contribution in [0.15, 0.2) is 101 Å². The summed E-state index contributed by atoms with van der Waals surface area (Å²) in [4.78, 5) is 16.9. The predicted octanol–water partition coefficient (Wildman–Crippen LogP) is 3.89. The molecule has 1 fully saturated rings. The first-order chi connectivity index (χ1) is 21.4. The molecule has 0 bridgehead atoms. The van der Waals surface area contributed by atoms with Crippen molar-refractivity contribution in [1.29, 1.82) is 5.26 Å². The van der Waals surface area contributed by atoms with Crippen LogP contribution in [-0.4, -0.2) is 64.7 Å². The standard InChI is InChI=1S/C33H33N3O7S/c1-40-25-13-9-23(10-14-25)33(22-7-4-3-5-8-22,24-11-15-26(41-2)16-12-24)42-21-27-29(37)30(38)31(43-27)36-19-17-28(35-32(36)39)44-20-6-18-34/h3-5,7-17,19,27,29-31,37-38H,6,20-21H2,1-2H3/t27-,29-,30-,31-/m1/s1. The van der Waals surface area contributed by atoms with Crippen LogP contribution in [-0.2, 0) is 15.1 Å². The van der Waals surface area contributed by atoms with Gasteiger partial charge in [0, 0.05) is 18.4 Å². The van der Waals surface area contributed by atoms with E-state index in [0.29, 0.717) is 28.7 Å². The Balaban J connectivity index is 1.48. The lowest BCUT2D eigenvalue weighted by atomic mass is 9.80. The van der Waals surface area contributed by atoms with E-state index in [4.69, 9.17) is 24.2 Å². The van der Waals surface area contributed by atoms with Gasteiger partial charge in [-0.2, -0.15) is 10.2 Å². The Morgan fingerprint density at radius 3 is 2.05 bits per heavy atom. The van der Waals surface area contributed by atoms with Crippen LogP contribution >= 0.6 is 11.8 Å². The van der Waals surface area contributed by atoms with Crippen molar-refractivity contribution in [3.8, 4) is 17.6 Å². The third kappa shape index (κ3) is 6.36. The number of ether oxygens (including phenoxy) is 4. The molecule has 1 aromatic heterocycles. The molecule has 5 rings (SSSR count). The minimum atomic E-state index is -1.41. The van der Waals surface area contributed by atoms with Crippen molar-refractivity contribution < 1.29 is 29.2 Å². The molecule has 228 valence electrons. The Morgan fingerprint density at radius 1 is 0.909 bits per heavy atom. The summed E-state index contributed by atoms with van der Waals surface area (Å²) in [5.74, 6) is 1.86. The van der Waals surface area contributed by atoms with Gasteiger partial charge in [0.15, 0.2) is 6.23 Å². The lowest BCUT2D eigenvalue weighted by molar-refractivity contribution is -0.0959. The second-order valence-corrected chi connectivity index (χ2v) is 11.2. The third-order valence-electron chi connectivity index (χ3n) is 7.52. The summed E-state index contributed by atoms with van der Waals surface area (Å²) in [6, 6.07) is 28.4. The highest BCUT2D eigenvalue weighted by Crippen LogP contribution is 2.42. The molecule has 0 aliphatic carbocycles. The van der Waals surface area contributed by atoms with E-state index in [0.717, 1.165) is 21.3 Å². The fourth-order valence-electron chi connectivity index (χ4n) is 5.25. The van der Waals surface area contributed by atoms with Gasteiger partial charge in [0.25, 0.3) is 0 Å². The van der Waals surface area contributed by atoms with Crippen LogP contribution in [0.3, 0.4) is 0 Å². The highest BCUT2D eigenvalue weighted by Gasteiger charge is 2.46. The normalized spacial score (nSPS) is 19.8. The summed E-state index contributed by atoms with van der Waals surface area (Å²) < 4.78 is 24.8. The Kier molecular flexibility index (Phi) is 9.99. The van der Waals surface area contributed by atoms with Gasteiger partial charge in [0.1, 0.15) is 40.4 Å². The van der Waals surface area contributed by atoms with E-state index in [1.54, 1.807) is 20.3 Å². The molecule has 4 aromatic rings. The topological polar surface area (TPSA) is 136 Å². The second kappa shape index (κ2) is 14.1. The molecule has 10 nitrogen and oxygen atoms in total. The van der Waals surface area contributed by atoms with Crippen molar-refractivity contribution in [3.63, 3.8) is 0 Å². The molecule has 4 atom stereocenters. The zero-order valence-corrected chi connectivity index (χ0v) is 25.1. The second-order valence-electron chi connectivity index (χ2n) is 10.1. The number of hydrogen-bond acceptors (Lipinski definition) is 10. The monoisotopic (exact) mass is 615 g/mol. The molecule has 3 aromatic carbocycles. The van der Waals surface area contributed by atoms with Crippen molar-refractivity contribution in [2.24, 2.45) is 0 Å². The Morgan fingerprint density at radius 2 is 1.50 bits per heavy atom. The van der Waals surface area contributed by atoms with Crippen LogP contribution in [0.25, 0.3) is 0 Å². The number of thioether (sulfide) groups is 1. The molecule has 0 spiro atoms. The molecule has 0 unspecified atom stereocenters. The number of nitrogens with zero attached hydrogens (tertiary/aromatic N) is 3. The van der Waals surface area contributed by atoms with E-state index >= 15 is 0 Å². The molecule has 0 amide bonds. The van der Waals surface area contributed by atoms with Crippen molar-refractivity contribution in [1.82, 2.24) is 9.55 Å². The summed E-state index contributed by atoms with van der Waals surface area (Å²) in [6.45, 7) is -0.133. The zero-order valence-electron chi connectivity index (χ0n) is 24.3. The summed E-state index contributed by atoms with van der Waals surface area (Å²) in [5.41, 5.74) is 0.616. The number of benzene rings is 3. The first kappa shape index (κ1) is 31.3. The largest absolute Gasteiger partial charge is 0.497 e. The lowest BCUT2D eigenvalue weighted by Crippen LogP contribution is -2.39. The van der Waals surface area contributed by atoms with Gasteiger partial charge in [0.2, 0.25) is 0 Å². The molecule has 2 N–H and O–H groups in total. The Labute approximate surface area is 259 Å². The van der Waals surface area contributed by atoms with Crippen molar-refractivity contribution in [2.45, 2.75) is 41.6 Å². The number of methoxy groups -OCH3 is 2. The van der Waals surface area contributed by atoms with E-state index in [1.807, 2.05) is 78.9 Å². The molecule has 2 heterocycles. The number of aliphatic hydroxyl groups is 2. The smallest absolute Gasteiger partial charge is 0.350 e. The molecule has 1 aliphatic rings. The fraction of sp³-hybridized carbons (Fsp3) is 0.303. The van der Waals surface area contributed by atoms with Crippen LogP contribution in [0.1, 0.15) is 29.3 Å². The van der Waals surface area contributed by atoms with Gasteiger partial charge in [-0.05, 0) is 47.0 Å². The summed E-state index contributed by atoms with van der Waals surface area (Å²) in [6.07, 6.45) is -3.12. The SMILES string of the molecule is COc1ccc(C(OC[C@H]2O[C@@H](n3ccc(SCCC#N)nc3=O)[C@H](O)[C@@H]2O)(c2ccccc2)c2ccc(OC)cc2)cc1. The first-order valence-corrected chi connectivity index (χ1v) is 15.0. The van der Waals surface area contributed by atoms with E-state index in [-0.39, 0.29) is 6.61 Å². The number of aromatic nitrogens is 2. The van der Waals surface area contributed by atoms with Crippen LogP contribution in [0, 0.1) is 11.3 Å². The molecular weight excluding hydrogens is 582 g/mol. The highest BCUT2D eigenvalue weighted by atomic mass is 32.2. The van der Waals surface area contributed by atoms with Gasteiger partial charge in [0.05, 0.1) is 26.9 Å². The van der Waals surface area contributed by atoms with Gasteiger partial charge in [-0.1, -0.05) is 54.6 Å². The minimum Gasteiger partial charge on any atom is -0.497 e. The predicted molar refractivity (Wildman–Crippen MR) is 164 cm³/mol. The molecule has 0 radical (unpaired) electrons. The quantitative estimate of drug-likeness (QED) is 0.105. The van der Waals surface area contributed by atoms with Gasteiger partial charge in [-0.25, -0.2) is 4.79 Å². The van der Waals surface area contributed by atoms with E-state index in [1.165, 1.54) is 18.0 Å². The number of hydrogen-bond donors (Lipinski definition) is 2.